The maximum Gasteiger partial charge on any atom is 0.311 e. The van der Waals surface area contributed by atoms with E-state index in [0.29, 0.717) is 6.42 Å². The van der Waals surface area contributed by atoms with Crippen LogP contribution in [0.5, 0.6) is 23.0 Å². The summed E-state index contributed by atoms with van der Waals surface area (Å²) in [7, 11) is 1.58. The molecule has 2 rings (SSSR count). The molecule has 0 saturated heterocycles. The molecule has 0 aromatic heterocycles. The molecule has 110 valence electrons. The summed E-state index contributed by atoms with van der Waals surface area (Å²) in [6.07, 6.45) is 0.643. The molecule has 0 amide bonds. The predicted octanol–water partition coefficient (Wildman–Crippen LogP) is 2.64. The van der Waals surface area contributed by atoms with Crippen LogP contribution in [0.2, 0.25) is 0 Å². The molecule has 2 aromatic rings. The Hall–Kier alpha value is -2.69. The van der Waals surface area contributed by atoms with Gasteiger partial charge in [-0.1, -0.05) is 18.2 Å². The summed E-state index contributed by atoms with van der Waals surface area (Å²) in [4.78, 5) is 11.8. The largest absolute Gasteiger partial charge is 0.508 e. The lowest BCUT2D eigenvalue weighted by Gasteiger charge is -2.08. The number of benzene rings is 2. The smallest absolute Gasteiger partial charge is 0.311 e. The zero-order valence-electron chi connectivity index (χ0n) is 11.6. The van der Waals surface area contributed by atoms with E-state index in [9.17, 15) is 15.0 Å². The number of aryl methyl sites for hydroxylation is 1. The number of rotatable bonds is 5. The summed E-state index contributed by atoms with van der Waals surface area (Å²) >= 11 is 0. The minimum Gasteiger partial charge on any atom is -0.508 e. The maximum atomic E-state index is 11.8. The van der Waals surface area contributed by atoms with Gasteiger partial charge in [0.2, 0.25) is 0 Å². The van der Waals surface area contributed by atoms with Gasteiger partial charge in [-0.3, -0.25) is 4.79 Å². The third-order valence-corrected chi connectivity index (χ3v) is 2.90. The van der Waals surface area contributed by atoms with E-state index in [1.54, 1.807) is 7.11 Å². The Morgan fingerprint density at radius 1 is 1.10 bits per heavy atom. The normalized spacial score (nSPS) is 10.1. The van der Waals surface area contributed by atoms with Gasteiger partial charge in [-0.2, -0.15) is 0 Å². The predicted molar refractivity (Wildman–Crippen MR) is 76.7 cm³/mol. The quantitative estimate of drug-likeness (QED) is 0.653. The lowest BCUT2D eigenvalue weighted by atomic mass is 10.1. The second kappa shape index (κ2) is 6.65. The van der Waals surface area contributed by atoms with Crippen molar-refractivity contribution in [3.8, 4) is 23.0 Å². The van der Waals surface area contributed by atoms with E-state index in [-0.39, 0.29) is 23.7 Å². The van der Waals surface area contributed by atoms with Crippen LogP contribution in [0.4, 0.5) is 0 Å². The lowest BCUT2D eigenvalue weighted by molar-refractivity contribution is -0.134. The fourth-order valence-corrected chi connectivity index (χ4v) is 1.96. The van der Waals surface area contributed by atoms with Gasteiger partial charge in [0.15, 0.2) is 0 Å². The van der Waals surface area contributed by atoms with Gasteiger partial charge in [0.05, 0.1) is 13.5 Å². The molecule has 0 radical (unpaired) electrons. The number of aromatic hydroxyl groups is 2. The number of para-hydroxylation sites is 1. The van der Waals surface area contributed by atoms with E-state index in [1.807, 2.05) is 24.3 Å². The number of hydrogen-bond donors (Lipinski definition) is 2. The molecule has 0 aliphatic heterocycles. The van der Waals surface area contributed by atoms with Crippen molar-refractivity contribution in [1.29, 1.82) is 0 Å². The first-order chi connectivity index (χ1) is 10.1. The maximum absolute atomic E-state index is 11.8. The molecule has 5 nitrogen and oxygen atoms in total. The highest BCUT2D eigenvalue weighted by molar-refractivity contribution is 5.73. The summed E-state index contributed by atoms with van der Waals surface area (Å²) < 4.78 is 10.3. The van der Waals surface area contributed by atoms with Crippen molar-refractivity contribution in [3.63, 3.8) is 0 Å². The molecule has 0 spiro atoms. The zero-order chi connectivity index (χ0) is 15.2. The Labute approximate surface area is 122 Å². The van der Waals surface area contributed by atoms with E-state index < -0.39 is 5.97 Å². The summed E-state index contributed by atoms with van der Waals surface area (Å²) in [6, 6.07) is 11.1. The lowest BCUT2D eigenvalue weighted by Crippen LogP contribution is -2.09. The number of phenolic OH excluding ortho intramolecular Hbond substituents is 2. The van der Waals surface area contributed by atoms with E-state index >= 15 is 0 Å². The van der Waals surface area contributed by atoms with E-state index in [2.05, 4.69) is 0 Å². The van der Waals surface area contributed by atoms with Crippen molar-refractivity contribution >= 4 is 5.97 Å². The Bertz CT molecular complexity index is 616. The van der Waals surface area contributed by atoms with Gasteiger partial charge in [0, 0.05) is 18.2 Å². The van der Waals surface area contributed by atoms with E-state index in [0.717, 1.165) is 17.4 Å². The molecule has 2 N–H and O–H groups in total. The fraction of sp³-hybridized carbons (Fsp3) is 0.188. The first kappa shape index (κ1) is 14.7. The molecule has 0 aliphatic carbocycles. The standard InChI is InChI=1S/C16H16O5/c1-20-15-5-3-2-4-11(15)6-7-16(19)21-14-9-12(17)8-13(18)10-14/h2-5,8-10,17-18H,6-7H2,1H3. The Balaban J connectivity index is 1.96. The van der Waals surface area contributed by atoms with Crippen LogP contribution in [-0.2, 0) is 11.2 Å². The number of methoxy groups -OCH3 is 1. The molecule has 21 heavy (non-hydrogen) atoms. The molecule has 0 unspecified atom stereocenters. The van der Waals surface area contributed by atoms with Crippen molar-refractivity contribution in [3.05, 3.63) is 48.0 Å². The number of phenols is 2. The summed E-state index contributed by atoms with van der Waals surface area (Å²) in [5, 5.41) is 18.6. The zero-order valence-corrected chi connectivity index (χ0v) is 11.6. The van der Waals surface area contributed by atoms with Gasteiger partial charge in [0.1, 0.15) is 23.0 Å². The van der Waals surface area contributed by atoms with Crippen molar-refractivity contribution in [2.75, 3.05) is 7.11 Å². The third-order valence-electron chi connectivity index (χ3n) is 2.90. The number of hydrogen-bond acceptors (Lipinski definition) is 5. The monoisotopic (exact) mass is 288 g/mol. The molecule has 5 heteroatoms. The van der Waals surface area contributed by atoms with Crippen LogP contribution < -0.4 is 9.47 Å². The molecule has 0 aliphatic rings. The summed E-state index contributed by atoms with van der Waals surface area (Å²) in [5.41, 5.74) is 0.913. The Morgan fingerprint density at radius 2 is 1.76 bits per heavy atom. The number of carbonyl (C=O) groups is 1. The van der Waals surface area contributed by atoms with Crippen molar-refractivity contribution < 1.29 is 24.5 Å². The first-order valence-electron chi connectivity index (χ1n) is 6.44. The summed E-state index contributed by atoms with van der Waals surface area (Å²) in [6.45, 7) is 0. The van der Waals surface area contributed by atoms with Crippen LogP contribution in [0.15, 0.2) is 42.5 Å². The van der Waals surface area contributed by atoms with Gasteiger partial charge in [0.25, 0.3) is 0 Å². The van der Waals surface area contributed by atoms with Gasteiger partial charge >= 0.3 is 5.97 Å². The topological polar surface area (TPSA) is 76.0 Å². The minimum absolute atomic E-state index is 0.109. The summed E-state index contributed by atoms with van der Waals surface area (Å²) in [5.74, 6) is 0.0498. The van der Waals surface area contributed by atoms with E-state index in [4.69, 9.17) is 9.47 Å². The minimum atomic E-state index is -0.453. The first-order valence-corrected chi connectivity index (χ1v) is 6.44. The number of ether oxygens (including phenoxy) is 2. The second-order valence-electron chi connectivity index (χ2n) is 4.47. The van der Waals surface area contributed by atoms with Gasteiger partial charge < -0.3 is 19.7 Å². The van der Waals surface area contributed by atoms with Crippen molar-refractivity contribution in [2.45, 2.75) is 12.8 Å². The van der Waals surface area contributed by atoms with E-state index in [1.165, 1.54) is 12.1 Å². The average Bonchev–Trinajstić information content (AvgIpc) is 2.44. The molecular weight excluding hydrogens is 272 g/mol. The van der Waals surface area contributed by atoms with Crippen LogP contribution in [0, 0.1) is 0 Å². The molecule has 0 saturated carbocycles. The number of carbonyl (C=O) groups excluding carboxylic acids is 1. The van der Waals surface area contributed by atoms with Gasteiger partial charge in [-0.05, 0) is 18.1 Å². The fourth-order valence-electron chi connectivity index (χ4n) is 1.96. The average molecular weight is 288 g/mol. The van der Waals surface area contributed by atoms with Crippen LogP contribution in [0.1, 0.15) is 12.0 Å². The molecule has 0 heterocycles. The number of esters is 1. The molecule has 2 aromatic carbocycles. The molecule has 0 bridgehead atoms. The van der Waals surface area contributed by atoms with Gasteiger partial charge in [-0.25, -0.2) is 0 Å². The SMILES string of the molecule is COc1ccccc1CCC(=O)Oc1cc(O)cc(O)c1. The van der Waals surface area contributed by atoms with Crippen LogP contribution in [-0.4, -0.2) is 23.3 Å². The van der Waals surface area contributed by atoms with Crippen LogP contribution >= 0.6 is 0 Å². The van der Waals surface area contributed by atoms with Crippen LogP contribution in [0.25, 0.3) is 0 Å². The highest BCUT2D eigenvalue weighted by atomic mass is 16.5. The van der Waals surface area contributed by atoms with Crippen LogP contribution in [0.3, 0.4) is 0 Å². The third kappa shape index (κ3) is 4.14. The molecule has 0 fully saturated rings. The van der Waals surface area contributed by atoms with Crippen molar-refractivity contribution in [1.82, 2.24) is 0 Å². The highest BCUT2D eigenvalue weighted by Gasteiger charge is 2.09. The molecule has 0 atom stereocenters. The van der Waals surface area contributed by atoms with Gasteiger partial charge in [-0.15, -0.1) is 0 Å². The highest BCUT2D eigenvalue weighted by Crippen LogP contribution is 2.26. The molecular formula is C16H16O5. The van der Waals surface area contributed by atoms with Crippen molar-refractivity contribution in [2.24, 2.45) is 0 Å². The second-order valence-corrected chi connectivity index (χ2v) is 4.47. The Kier molecular flexibility index (Phi) is 4.66. The Morgan fingerprint density at radius 3 is 2.43 bits per heavy atom.